The van der Waals surface area contributed by atoms with Crippen molar-refractivity contribution in [2.24, 2.45) is 0 Å². The van der Waals surface area contributed by atoms with Crippen molar-refractivity contribution < 1.29 is 23.7 Å². The molecule has 7 nitrogen and oxygen atoms in total. The van der Waals surface area contributed by atoms with E-state index in [0.717, 1.165) is 24.1 Å². The molecule has 1 aromatic heterocycles. The van der Waals surface area contributed by atoms with Crippen LogP contribution in [-0.2, 0) is 0 Å². The highest BCUT2D eigenvalue weighted by Gasteiger charge is 2.28. The summed E-state index contributed by atoms with van der Waals surface area (Å²) in [6.07, 6.45) is 3.92. The van der Waals surface area contributed by atoms with Gasteiger partial charge in [0.1, 0.15) is 19.0 Å². The largest absolute Gasteiger partial charge is 0.497 e. The van der Waals surface area contributed by atoms with E-state index in [1.54, 1.807) is 26.4 Å². The lowest BCUT2D eigenvalue weighted by atomic mass is 9.89. The van der Waals surface area contributed by atoms with Crippen LogP contribution >= 0.6 is 0 Å². The fourth-order valence-electron chi connectivity index (χ4n) is 4.56. The molecule has 0 spiro atoms. The van der Waals surface area contributed by atoms with Gasteiger partial charge in [0.2, 0.25) is 5.75 Å². The lowest BCUT2D eigenvalue weighted by Crippen LogP contribution is -2.38. The van der Waals surface area contributed by atoms with Crippen molar-refractivity contribution in [3.05, 3.63) is 47.7 Å². The van der Waals surface area contributed by atoms with Crippen molar-refractivity contribution in [2.45, 2.75) is 18.8 Å². The number of hydrogen-bond acceptors (Lipinski definition) is 5. The number of piperidine rings is 1. The highest BCUT2D eigenvalue weighted by atomic mass is 16.6. The van der Waals surface area contributed by atoms with Gasteiger partial charge >= 0.3 is 0 Å². The van der Waals surface area contributed by atoms with Gasteiger partial charge in [-0.15, -0.1) is 0 Å². The second-order valence-electron chi connectivity index (χ2n) is 7.92. The lowest BCUT2D eigenvalue weighted by molar-refractivity contribution is 0.0711. The SMILES string of the molecule is COc1ccc2[nH]cc(C3CCN(C(=O)c4cc(OC)c5c(c4)OCCO5)CC3)c2c1. The zero-order chi connectivity index (χ0) is 21.4. The van der Waals surface area contributed by atoms with E-state index in [2.05, 4.69) is 17.2 Å². The summed E-state index contributed by atoms with van der Waals surface area (Å²) in [5.74, 6) is 2.92. The molecule has 1 N–H and O–H groups in total. The Morgan fingerprint density at radius 3 is 2.65 bits per heavy atom. The molecule has 5 rings (SSSR count). The number of H-pyrrole nitrogens is 1. The number of benzene rings is 2. The van der Waals surface area contributed by atoms with Gasteiger partial charge in [0, 0.05) is 35.8 Å². The Labute approximate surface area is 180 Å². The van der Waals surface area contributed by atoms with Crippen LogP contribution in [-0.4, -0.2) is 56.3 Å². The standard InChI is InChI=1S/C24H26N2O5/c1-28-17-3-4-20-18(13-17)19(14-25-20)15-5-7-26(8-6-15)24(27)16-11-21(29-2)23-22(12-16)30-9-10-31-23/h3-4,11-15,25H,5-10H2,1-2H3. The molecule has 1 amide bonds. The summed E-state index contributed by atoms with van der Waals surface area (Å²) < 4.78 is 22.1. The molecule has 0 atom stereocenters. The average Bonchev–Trinajstić information content (AvgIpc) is 3.26. The number of aromatic nitrogens is 1. The van der Waals surface area contributed by atoms with Crippen molar-refractivity contribution in [2.75, 3.05) is 40.5 Å². The van der Waals surface area contributed by atoms with Gasteiger partial charge < -0.3 is 28.8 Å². The van der Waals surface area contributed by atoms with E-state index < -0.39 is 0 Å². The number of carbonyl (C=O) groups is 1. The third-order valence-electron chi connectivity index (χ3n) is 6.22. The first-order chi connectivity index (χ1) is 15.2. The number of amides is 1. The van der Waals surface area contributed by atoms with Gasteiger partial charge in [-0.05, 0) is 54.7 Å². The Morgan fingerprint density at radius 1 is 1.06 bits per heavy atom. The summed E-state index contributed by atoms with van der Waals surface area (Å²) in [5.41, 5.74) is 2.97. The molecule has 0 bridgehead atoms. The van der Waals surface area contributed by atoms with Crippen LogP contribution in [0.3, 0.4) is 0 Å². The minimum Gasteiger partial charge on any atom is -0.497 e. The number of carbonyl (C=O) groups excluding carboxylic acids is 1. The molecule has 2 aromatic carbocycles. The maximum atomic E-state index is 13.2. The monoisotopic (exact) mass is 422 g/mol. The molecule has 31 heavy (non-hydrogen) atoms. The van der Waals surface area contributed by atoms with Crippen LogP contribution in [0, 0.1) is 0 Å². The maximum Gasteiger partial charge on any atom is 0.254 e. The first kappa shape index (κ1) is 19.6. The predicted octanol–water partition coefficient (Wildman–Crippen LogP) is 3.98. The average molecular weight is 422 g/mol. The van der Waals surface area contributed by atoms with E-state index in [1.807, 2.05) is 17.0 Å². The number of methoxy groups -OCH3 is 2. The summed E-state index contributed by atoms with van der Waals surface area (Å²) in [4.78, 5) is 18.5. The fourth-order valence-corrected chi connectivity index (χ4v) is 4.56. The van der Waals surface area contributed by atoms with E-state index in [0.29, 0.717) is 55.0 Å². The zero-order valence-corrected chi connectivity index (χ0v) is 17.8. The quantitative estimate of drug-likeness (QED) is 0.689. The van der Waals surface area contributed by atoms with Crippen LogP contribution in [0.5, 0.6) is 23.0 Å². The molecule has 3 aromatic rings. The van der Waals surface area contributed by atoms with Crippen molar-refractivity contribution >= 4 is 16.8 Å². The minimum atomic E-state index is -0.00526. The first-order valence-corrected chi connectivity index (χ1v) is 10.6. The van der Waals surface area contributed by atoms with Gasteiger partial charge in [-0.3, -0.25) is 4.79 Å². The Morgan fingerprint density at radius 2 is 1.87 bits per heavy atom. The summed E-state index contributed by atoms with van der Waals surface area (Å²) in [7, 11) is 3.26. The van der Waals surface area contributed by atoms with E-state index >= 15 is 0 Å². The lowest BCUT2D eigenvalue weighted by Gasteiger charge is -2.32. The van der Waals surface area contributed by atoms with Gasteiger partial charge in [0.25, 0.3) is 5.91 Å². The molecular formula is C24H26N2O5. The minimum absolute atomic E-state index is 0.00526. The maximum absolute atomic E-state index is 13.2. The Kier molecular flexibility index (Phi) is 5.10. The van der Waals surface area contributed by atoms with Crippen LogP contribution < -0.4 is 18.9 Å². The molecule has 0 radical (unpaired) electrons. The van der Waals surface area contributed by atoms with Gasteiger partial charge in [-0.2, -0.15) is 0 Å². The number of nitrogens with zero attached hydrogens (tertiary/aromatic N) is 1. The first-order valence-electron chi connectivity index (χ1n) is 10.6. The summed E-state index contributed by atoms with van der Waals surface area (Å²) in [6, 6.07) is 9.60. The van der Waals surface area contributed by atoms with Crippen LogP contribution in [0.2, 0.25) is 0 Å². The normalized spacial score (nSPS) is 16.4. The van der Waals surface area contributed by atoms with Crippen molar-refractivity contribution in [1.29, 1.82) is 0 Å². The second kappa shape index (κ2) is 8.06. The topological polar surface area (TPSA) is 73.0 Å². The highest BCUT2D eigenvalue weighted by molar-refractivity contribution is 5.96. The smallest absolute Gasteiger partial charge is 0.254 e. The van der Waals surface area contributed by atoms with Crippen LogP contribution in [0.1, 0.15) is 34.7 Å². The Balaban J connectivity index is 1.32. The van der Waals surface area contributed by atoms with Crippen molar-refractivity contribution in [3.8, 4) is 23.0 Å². The van der Waals surface area contributed by atoms with Gasteiger partial charge in [-0.25, -0.2) is 0 Å². The molecule has 7 heteroatoms. The number of likely N-dealkylation sites (tertiary alicyclic amines) is 1. The molecule has 0 saturated carbocycles. The number of ether oxygens (including phenoxy) is 4. The van der Waals surface area contributed by atoms with Crippen molar-refractivity contribution in [3.63, 3.8) is 0 Å². The van der Waals surface area contributed by atoms with Crippen LogP contribution in [0.4, 0.5) is 0 Å². The molecule has 1 saturated heterocycles. The number of aromatic amines is 1. The third kappa shape index (κ3) is 3.54. The van der Waals surface area contributed by atoms with E-state index in [4.69, 9.17) is 18.9 Å². The van der Waals surface area contributed by atoms with Gasteiger partial charge in [-0.1, -0.05) is 0 Å². The number of hydrogen-bond donors (Lipinski definition) is 1. The highest BCUT2D eigenvalue weighted by Crippen LogP contribution is 2.41. The number of nitrogens with one attached hydrogen (secondary N) is 1. The molecule has 2 aliphatic rings. The number of rotatable bonds is 4. The Hall–Kier alpha value is -3.35. The van der Waals surface area contributed by atoms with Gasteiger partial charge in [0.05, 0.1) is 14.2 Å². The summed E-state index contributed by atoms with van der Waals surface area (Å²) in [6.45, 7) is 2.35. The molecule has 2 aliphatic heterocycles. The molecular weight excluding hydrogens is 396 g/mol. The summed E-state index contributed by atoms with van der Waals surface area (Å²) in [5, 5.41) is 1.20. The Bertz CT molecular complexity index is 1100. The molecule has 3 heterocycles. The van der Waals surface area contributed by atoms with Crippen LogP contribution in [0.15, 0.2) is 36.5 Å². The molecule has 1 fully saturated rings. The van der Waals surface area contributed by atoms with E-state index in [1.165, 1.54) is 10.9 Å². The fraction of sp³-hybridized carbons (Fsp3) is 0.375. The predicted molar refractivity (Wildman–Crippen MR) is 117 cm³/mol. The summed E-state index contributed by atoms with van der Waals surface area (Å²) >= 11 is 0. The zero-order valence-electron chi connectivity index (χ0n) is 17.8. The molecule has 0 unspecified atom stereocenters. The molecule has 0 aliphatic carbocycles. The van der Waals surface area contributed by atoms with E-state index in [9.17, 15) is 4.79 Å². The third-order valence-corrected chi connectivity index (χ3v) is 6.22. The van der Waals surface area contributed by atoms with Gasteiger partial charge in [0.15, 0.2) is 11.5 Å². The molecule has 162 valence electrons. The number of fused-ring (bicyclic) bond motifs is 2. The van der Waals surface area contributed by atoms with E-state index in [-0.39, 0.29) is 5.91 Å². The van der Waals surface area contributed by atoms with Crippen molar-refractivity contribution in [1.82, 2.24) is 9.88 Å². The second-order valence-corrected chi connectivity index (χ2v) is 7.92. The van der Waals surface area contributed by atoms with Crippen LogP contribution in [0.25, 0.3) is 10.9 Å².